The van der Waals surface area contributed by atoms with Gasteiger partial charge in [0.05, 0.1) is 56.3 Å². The molecule has 0 bridgehead atoms. The normalized spacial score (nSPS) is 22.1. The molecule has 0 unspecified atom stereocenters. The van der Waals surface area contributed by atoms with E-state index in [1.807, 2.05) is 62.4 Å². The SMILES string of the molecule is Cc1nc(NC(=O)C2(c3ccc4c(c3)OC(F)(F)O4)CC2)sc1[C@@H](c1ccccc1Cl)N1CC[C@H](O)C1.Cc1nc(NC(=O)C2(c3ccc4c(c3)OC(F)(F)O4)CC2)sc1[C@H](c1ccccc1Cl)N1CC[C@H](O)C1. The molecule has 4 aromatic carbocycles. The van der Waals surface area contributed by atoms with E-state index in [1.54, 1.807) is 12.1 Å². The van der Waals surface area contributed by atoms with Gasteiger partial charge < -0.3 is 39.8 Å². The van der Waals surface area contributed by atoms with Gasteiger partial charge in [-0.05, 0) is 111 Å². The molecule has 14 nitrogen and oxygen atoms in total. The molecule has 12 rings (SSSR count). The number of aromatic nitrogens is 2. The minimum absolute atomic E-state index is 0.0530. The number of ether oxygens (including phenoxy) is 4. The van der Waals surface area contributed by atoms with Crippen LogP contribution in [0.2, 0.25) is 10.0 Å². The van der Waals surface area contributed by atoms with E-state index < -0.39 is 35.6 Å². The Labute approximate surface area is 440 Å². The van der Waals surface area contributed by atoms with Gasteiger partial charge in [-0.25, -0.2) is 9.97 Å². The van der Waals surface area contributed by atoms with Crippen LogP contribution in [0, 0.1) is 13.8 Å². The highest BCUT2D eigenvalue weighted by atomic mass is 35.5. The van der Waals surface area contributed by atoms with Gasteiger partial charge in [0.2, 0.25) is 11.8 Å². The van der Waals surface area contributed by atoms with Crippen molar-refractivity contribution in [2.75, 3.05) is 36.8 Å². The lowest BCUT2D eigenvalue weighted by molar-refractivity contribution is -0.287. The summed E-state index contributed by atoms with van der Waals surface area (Å²) in [4.78, 5) is 42.3. The standard InChI is InChI=1S/2C26H24ClF2N3O4S/c2*1-14-22(21(32-11-8-16(33)13-32)17-4-2-3-5-18(17)27)37-24(30-14)31-23(34)25(9-10-25)15-6-7-19-20(12-15)36-26(28,29)35-19/h2*2-7,12,16,21,33H,8-11,13H2,1H3,(H,30,31,34)/t16-,21+;16-,21-/m00/s1. The summed E-state index contributed by atoms with van der Waals surface area (Å²) in [6.07, 6.45) is -4.56. The molecule has 4 fully saturated rings. The molecule has 4 aliphatic heterocycles. The summed E-state index contributed by atoms with van der Waals surface area (Å²) in [6, 6.07) is 23.8. The predicted octanol–water partition coefficient (Wildman–Crippen LogP) is 10.5. The summed E-state index contributed by atoms with van der Waals surface area (Å²) in [5, 5.41) is 28.5. The van der Waals surface area contributed by atoms with Crippen molar-refractivity contribution in [1.29, 1.82) is 0 Å². The topological polar surface area (TPSA) is 168 Å². The highest BCUT2D eigenvalue weighted by Gasteiger charge is 2.54. The van der Waals surface area contributed by atoms with Gasteiger partial charge in [-0.15, -0.1) is 17.6 Å². The third kappa shape index (κ3) is 9.79. The van der Waals surface area contributed by atoms with Gasteiger partial charge in [0.15, 0.2) is 33.3 Å². The van der Waals surface area contributed by atoms with E-state index in [9.17, 15) is 37.4 Å². The first-order chi connectivity index (χ1) is 35.3. The number of aryl methyl sites for hydroxylation is 2. The third-order valence-electron chi connectivity index (χ3n) is 14.4. The second-order valence-electron chi connectivity index (χ2n) is 19.4. The first-order valence-corrected chi connectivity index (χ1v) is 26.4. The van der Waals surface area contributed by atoms with E-state index in [4.69, 9.17) is 23.2 Å². The Balaban J connectivity index is 0.000000159. The van der Waals surface area contributed by atoms with Crippen LogP contribution in [0.5, 0.6) is 23.0 Å². The van der Waals surface area contributed by atoms with Crippen LogP contribution in [0.1, 0.15) is 94.0 Å². The Morgan fingerprint density at radius 2 is 1.00 bits per heavy atom. The fraction of sp³-hybridized carbons (Fsp3) is 0.385. The largest absolute Gasteiger partial charge is 0.586 e. The highest BCUT2D eigenvalue weighted by Crippen LogP contribution is 2.54. The van der Waals surface area contributed by atoms with Gasteiger partial charge in [0.25, 0.3) is 0 Å². The van der Waals surface area contributed by atoms with E-state index >= 15 is 0 Å². The summed E-state index contributed by atoms with van der Waals surface area (Å²) >= 11 is 15.9. The number of thiazole rings is 2. The zero-order valence-corrected chi connectivity index (χ0v) is 42.8. The number of carbonyl (C=O) groups excluding carboxylic acids is 2. The quantitative estimate of drug-likeness (QED) is 0.0858. The zero-order chi connectivity index (χ0) is 51.9. The molecule has 2 amide bonds. The number of β-amino-alcohol motifs (C(OH)–C–C–N with tert-alkyl or cyclic N) is 2. The molecule has 6 heterocycles. The van der Waals surface area contributed by atoms with Gasteiger partial charge in [-0.2, -0.15) is 0 Å². The predicted molar refractivity (Wildman–Crippen MR) is 269 cm³/mol. The number of alkyl halides is 4. The van der Waals surface area contributed by atoms with Gasteiger partial charge in [-0.3, -0.25) is 19.4 Å². The van der Waals surface area contributed by atoms with Crippen molar-refractivity contribution in [3.8, 4) is 23.0 Å². The molecule has 2 aromatic heterocycles. The molecule has 6 aliphatic rings. The lowest BCUT2D eigenvalue weighted by Gasteiger charge is -2.28. The summed E-state index contributed by atoms with van der Waals surface area (Å²) in [5.74, 6) is -0.757. The average molecular weight is 1100 g/mol. The van der Waals surface area contributed by atoms with Gasteiger partial charge in [0, 0.05) is 36.2 Å². The van der Waals surface area contributed by atoms with Gasteiger partial charge >= 0.3 is 12.6 Å². The van der Waals surface area contributed by atoms with E-state index in [2.05, 4.69) is 49.3 Å². The summed E-state index contributed by atoms with van der Waals surface area (Å²) in [7, 11) is 0. The molecule has 388 valence electrons. The second kappa shape index (κ2) is 19.2. The lowest BCUT2D eigenvalue weighted by atomic mass is 9.94. The lowest BCUT2D eigenvalue weighted by Crippen LogP contribution is -2.28. The van der Waals surface area contributed by atoms with Crippen molar-refractivity contribution < 1.29 is 56.3 Å². The Morgan fingerprint density at radius 3 is 1.35 bits per heavy atom. The van der Waals surface area contributed by atoms with Crippen LogP contribution in [0.15, 0.2) is 84.9 Å². The first kappa shape index (κ1) is 50.6. The Hall–Kier alpha value is -5.58. The second-order valence-corrected chi connectivity index (χ2v) is 22.3. The number of nitrogens with one attached hydrogen (secondary N) is 2. The number of aliphatic hydroxyl groups excluding tert-OH is 2. The van der Waals surface area contributed by atoms with Crippen LogP contribution < -0.4 is 29.6 Å². The number of anilines is 2. The van der Waals surface area contributed by atoms with Crippen LogP contribution in [0.4, 0.5) is 27.8 Å². The molecule has 2 saturated carbocycles. The number of amides is 2. The Morgan fingerprint density at radius 1 is 0.622 bits per heavy atom. The van der Waals surface area contributed by atoms with E-state index in [0.29, 0.717) is 96.1 Å². The van der Waals surface area contributed by atoms with Crippen LogP contribution in [-0.2, 0) is 20.4 Å². The van der Waals surface area contributed by atoms with Crippen molar-refractivity contribution in [3.63, 3.8) is 0 Å². The number of nitrogens with zero attached hydrogens (tertiary/aromatic N) is 4. The van der Waals surface area contributed by atoms with Crippen LogP contribution in [-0.4, -0.2) is 92.8 Å². The number of hydrogen-bond donors (Lipinski definition) is 4. The number of fused-ring (bicyclic) bond motifs is 2. The average Bonchev–Trinajstić information content (AvgIpc) is 4.01. The molecule has 22 heteroatoms. The first-order valence-electron chi connectivity index (χ1n) is 24.0. The molecule has 6 aromatic rings. The maximum Gasteiger partial charge on any atom is 0.586 e. The molecule has 4 atom stereocenters. The smallest absolute Gasteiger partial charge is 0.395 e. The van der Waals surface area contributed by atoms with Crippen LogP contribution in [0.25, 0.3) is 0 Å². The minimum atomic E-state index is -3.71. The van der Waals surface area contributed by atoms with E-state index in [1.165, 1.54) is 46.9 Å². The van der Waals surface area contributed by atoms with Crippen molar-refractivity contribution in [3.05, 3.63) is 138 Å². The number of carbonyl (C=O) groups is 2. The fourth-order valence-corrected chi connectivity index (χ4v) is 13.0. The highest BCUT2D eigenvalue weighted by molar-refractivity contribution is 7.16. The van der Waals surface area contributed by atoms with Crippen molar-refractivity contribution in [2.45, 2.75) is 100 Å². The summed E-state index contributed by atoms with van der Waals surface area (Å²) in [6.45, 7) is 6.23. The number of likely N-dealkylation sites (tertiary alicyclic amines) is 2. The summed E-state index contributed by atoms with van der Waals surface area (Å²) < 4.78 is 71.9. The molecule has 0 radical (unpaired) electrons. The molecule has 2 aliphatic carbocycles. The molecular weight excluding hydrogens is 1050 g/mol. The Bertz CT molecular complexity index is 2970. The molecule has 74 heavy (non-hydrogen) atoms. The number of halogens is 6. The summed E-state index contributed by atoms with van der Waals surface area (Å²) in [5.41, 5.74) is 2.88. The maximum atomic E-state index is 13.5. The van der Waals surface area contributed by atoms with E-state index in [0.717, 1.165) is 32.3 Å². The number of aliphatic hydroxyl groups is 2. The molecule has 2 saturated heterocycles. The third-order valence-corrected chi connectivity index (χ3v) is 17.3. The van der Waals surface area contributed by atoms with Crippen LogP contribution in [0.3, 0.4) is 0 Å². The van der Waals surface area contributed by atoms with Crippen LogP contribution >= 0.6 is 45.9 Å². The number of rotatable bonds is 12. The number of hydrogen-bond acceptors (Lipinski definition) is 14. The zero-order valence-electron chi connectivity index (χ0n) is 39.7. The fourth-order valence-electron chi connectivity index (χ4n) is 10.3. The van der Waals surface area contributed by atoms with Crippen molar-refractivity contribution in [1.82, 2.24) is 19.8 Å². The number of benzene rings is 4. The van der Waals surface area contributed by atoms with E-state index in [-0.39, 0.29) is 46.9 Å². The van der Waals surface area contributed by atoms with Crippen molar-refractivity contribution in [2.24, 2.45) is 0 Å². The monoisotopic (exact) mass is 1090 g/mol. The van der Waals surface area contributed by atoms with Gasteiger partial charge in [-0.1, -0.05) is 94.4 Å². The Kier molecular flexibility index (Phi) is 13.1. The molecule has 4 N–H and O–H groups in total. The van der Waals surface area contributed by atoms with Gasteiger partial charge in [0.1, 0.15) is 0 Å². The molecule has 0 spiro atoms. The van der Waals surface area contributed by atoms with Crippen molar-refractivity contribution >= 4 is 68.0 Å². The minimum Gasteiger partial charge on any atom is -0.395 e. The molecular formula is C52H48Cl2F4N6O8S2. The maximum absolute atomic E-state index is 13.5.